The van der Waals surface area contributed by atoms with Crippen molar-refractivity contribution in [3.63, 3.8) is 0 Å². The zero-order valence-electron chi connectivity index (χ0n) is 23.9. The maximum absolute atomic E-state index is 14.1. The number of halogens is 5. The summed E-state index contributed by atoms with van der Waals surface area (Å²) in [5, 5.41) is 6.46. The summed E-state index contributed by atoms with van der Waals surface area (Å²) >= 11 is 7.80. The van der Waals surface area contributed by atoms with Gasteiger partial charge in [-0.1, -0.05) is 17.7 Å². The number of benzene rings is 2. The molecule has 2 atom stereocenters. The molecule has 0 bridgehead atoms. The number of carbonyl (C=O) groups excluding carboxylic acids is 2. The number of thiazole rings is 1. The third-order valence-electron chi connectivity index (χ3n) is 7.29. The molecule has 0 aliphatic carbocycles. The van der Waals surface area contributed by atoms with E-state index in [2.05, 4.69) is 14.8 Å². The second-order valence-electron chi connectivity index (χ2n) is 10.3. The van der Waals surface area contributed by atoms with Crippen LogP contribution < -0.4 is 4.72 Å². The molecule has 0 radical (unpaired) electrons. The molecule has 0 saturated carbocycles. The second-order valence-corrected chi connectivity index (χ2v) is 13.2. The standard InChI is InChI=1S/C28H23ClF4N6O2S2.CO2/c1-14-10-23(15(2)9-20(14)31)43(40,41)37-17-12-22-24(21-5-7-39(36-21)28(32)33)25(18-4-3-16(30)11-19(18)29)35-26(38(22)13-17)27-34-6-8-42-27;2-1-3/h3-11,17,25,28,37H,12-13H2,1-2H3;/t17-,25-;/m0./s1. The summed E-state index contributed by atoms with van der Waals surface area (Å²) in [4.78, 5) is 27.3. The monoisotopic (exact) mass is 694 g/mol. The van der Waals surface area contributed by atoms with E-state index in [-0.39, 0.29) is 45.9 Å². The number of fused-ring (bicyclic) bond motifs is 1. The molecule has 2 aromatic carbocycles. The maximum atomic E-state index is 14.1. The lowest BCUT2D eigenvalue weighted by Crippen LogP contribution is -2.39. The Kier molecular flexibility index (Phi) is 9.56. The molecule has 4 aromatic rings. The van der Waals surface area contributed by atoms with Crippen LogP contribution in [0, 0.1) is 25.5 Å². The van der Waals surface area contributed by atoms with Crippen molar-refractivity contribution in [3.8, 4) is 0 Å². The van der Waals surface area contributed by atoms with E-state index < -0.39 is 40.3 Å². The number of aryl methyl sites for hydroxylation is 2. The summed E-state index contributed by atoms with van der Waals surface area (Å²) in [6, 6.07) is 6.13. The van der Waals surface area contributed by atoms with Gasteiger partial charge in [0.15, 0.2) is 10.8 Å². The largest absolute Gasteiger partial charge is 0.373 e. The van der Waals surface area contributed by atoms with E-state index in [0.29, 0.717) is 32.4 Å². The SMILES string of the molecule is Cc1cc(S(=O)(=O)N[C@H]2CC3=C(c4ccn(C(F)F)n4)[C@H](c4ccc(F)cc4Cl)N=C(c4nccs4)N3C2)c(C)cc1F.O=C=O. The van der Waals surface area contributed by atoms with Crippen molar-refractivity contribution in [1.82, 2.24) is 24.4 Å². The van der Waals surface area contributed by atoms with Crippen LogP contribution in [0.2, 0.25) is 5.02 Å². The number of nitrogens with zero attached hydrogens (tertiary/aromatic N) is 5. The lowest BCUT2D eigenvalue weighted by molar-refractivity contribution is -0.191. The second kappa shape index (κ2) is 13.3. The third-order valence-corrected chi connectivity index (χ3v) is 10.1. The smallest absolute Gasteiger partial charge is 0.326 e. The molecule has 0 unspecified atom stereocenters. The molecular formula is C29H23ClF4N6O4S2. The Morgan fingerprint density at radius 2 is 1.85 bits per heavy atom. The van der Waals surface area contributed by atoms with Gasteiger partial charge in [0, 0.05) is 58.6 Å². The Balaban J connectivity index is 0.00000134. The normalized spacial score (nSPS) is 17.8. The van der Waals surface area contributed by atoms with Crippen LogP contribution in [-0.2, 0) is 19.6 Å². The molecule has 17 heteroatoms. The summed E-state index contributed by atoms with van der Waals surface area (Å²) in [6.07, 6.45) is 3.12. The van der Waals surface area contributed by atoms with Gasteiger partial charge in [0.2, 0.25) is 10.0 Å². The lowest BCUT2D eigenvalue weighted by Gasteiger charge is -2.32. The van der Waals surface area contributed by atoms with Gasteiger partial charge in [-0.05, 0) is 55.3 Å². The highest BCUT2D eigenvalue weighted by Gasteiger charge is 2.42. The van der Waals surface area contributed by atoms with Gasteiger partial charge in [-0.2, -0.15) is 23.5 Å². The number of hydrogen-bond acceptors (Lipinski definition) is 9. The first-order chi connectivity index (χ1) is 21.8. The Hall–Kier alpha value is -4.21. The van der Waals surface area contributed by atoms with E-state index >= 15 is 0 Å². The van der Waals surface area contributed by atoms with Crippen LogP contribution in [-0.4, -0.2) is 52.7 Å². The maximum Gasteiger partial charge on any atom is 0.373 e. The molecule has 1 saturated heterocycles. The number of sulfonamides is 1. The Bertz CT molecular complexity index is 1990. The number of alkyl halides is 2. The number of amidine groups is 1. The topological polar surface area (TPSA) is 127 Å². The minimum absolute atomic E-state index is 0.0501. The zero-order valence-corrected chi connectivity index (χ0v) is 26.3. The van der Waals surface area contributed by atoms with Crippen LogP contribution in [0.4, 0.5) is 17.6 Å². The van der Waals surface area contributed by atoms with Crippen LogP contribution in [0.15, 0.2) is 69.8 Å². The van der Waals surface area contributed by atoms with E-state index in [0.717, 1.165) is 12.3 Å². The fourth-order valence-electron chi connectivity index (χ4n) is 5.36. The van der Waals surface area contributed by atoms with Crippen molar-refractivity contribution in [1.29, 1.82) is 0 Å². The van der Waals surface area contributed by atoms with Crippen molar-refractivity contribution >= 4 is 50.5 Å². The van der Waals surface area contributed by atoms with Gasteiger partial charge < -0.3 is 4.90 Å². The zero-order chi connectivity index (χ0) is 33.3. The van der Waals surface area contributed by atoms with Crippen LogP contribution in [0.25, 0.3) is 5.57 Å². The Morgan fingerprint density at radius 3 is 2.48 bits per heavy atom. The van der Waals surface area contributed by atoms with Crippen LogP contribution >= 0.6 is 22.9 Å². The molecule has 0 amide bonds. The third kappa shape index (κ3) is 6.52. The summed E-state index contributed by atoms with van der Waals surface area (Å²) in [5.41, 5.74) is 2.02. The molecular weight excluding hydrogens is 672 g/mol. The first-order valence-electron chi connectivity index (χ1n) is 13.4. The van der Waals surface area contributed by atoms with E-state index in [1.54, 1.807) is 16.5 Å². The molecule has 10 nitrogen and oxygen atoms in total. The van der Waals surface area contributed by atoms with Crippen molar-refractivity contribution < 1.29 is 35.6 Å². The first kappa shape index (κ1) is 33.2. The average molecular weight is 695 g/mol. The Morgan fingerprint density at radius 1 is 1.11 bits per heavy atom. The molecule has 2 aliphatic heterocycles. The molecule has 2 aliphatic rings. The van der Waals surface area contributed by atoms with Gasteiger partial charge >= 0.3 is 12.7 Å². The molecule has 1 N–H and O–H groups in total. The van der Waals surface area contributed by atoms with Gasteiger partial charge in [0.05, 0.1) is 10.6 Å². The molecule has 0 spiro atoms. The van der Waals surface area contributed by atoms with Crippen molar-refractivity contribution in [2.75, 3.05) is 6.54 Å². The van der Waals surface area contributed by atoms with Crippen molar-refractivity contribution in [3.05, 3.63) is 104 Å². The summed E-state index contributed by atoms with van der Waals surface area (Å²) in [7, 11) is -4.09. The van der Waals surface area contributed by atoms with Crippen LogP contribution in [0.5, 0.6) is 0 Å². The number of nitrogens with one attached hydrogen (secondary N) is 1. The van der Waals surface area contributed by atoms with Gasteiger partial charge in [-0.25, -0.2) is 31.6 Å². The number of rotatable bonds is 7. The van der Waals surface area contributed by atoms with E-state index in [4.69, 9.17) is 26.2 Å². The summed E-state index contributed by atoms with van der Waals surface area (Å²) in [5.74, 6) is -0.654. The van der Waals surface area contributed by atoms with Gasteiger partial charge in [-0.3, -0.25) is 4.99 Å². The van der Waals surface area contributed by atoms with Gasteiger partial charge in [0.25, 0.3) is 0 Å². The van der Waals surface area contributed by atoms with Crippen LogP contribution in [0.3, 0.4) is 0 Å². The number of aromatic nitrogens is 3. The van der Waals surface area contributed by atoms with Crippen molar-refractivity contribution in [2.24, 2.45) is 4.99 Å². The average Bonchev–Trinajstić information content (AvgIpc) is 3.76. The molecule has 240 valence electrons. The lowest BCUT2D eigenvalue weighted by atomic mass is 9.92. The van der Waals surface area contributed by atoms with E-state index in [9.17, 15) is 26.0 Å². The quantitative estimate of drug-likeness (QED) is 0.247. The highest BCUT2D eigenvalue weighted by molar-refractivity contribution is 7.89. The fourth-order valence-corrected chi connectivity index (χ4v) is 7.81. The van der Waals surface area contributed by atoms with Gasteiger partial charge in [0.1, 0.15) is 17.7 Å². The summed E-state index contributed by atoms with van der Waals surface area (Å²) in [6.45, 7) is 0.234. The predicted molar refractivity (Wildman–Crippen MR) is 160 cm³/mol. The fraction of sp³-hybridized carbons (Fsp3) is 0.241. The molecule has 46 heavy (non-hydrogen) atoms. The first-order valence-corrected chi connectivity index (χ1v) is 16.1. The van der Waals surface area contributed by atoms with Crippen LogP contribution in [0.1, 0.15) is 46.4 Å². The number of aliphatic imine (C=N–C) groups is 1. The highest BCUT2D eigenvalue weighted by atomic mass is 35.5. The highest BCUT2D eigenvalue weighted by Crippen LogP contribution is 2.46. The molecule has 1 fully saturated rings. The summed E-state index contributed by atoms with van der Waals surface area (Å²) < 4.78 is 85.5. The molecule has 2 aromatic heterocycles. The Labute approximate surface area is 269 Å². The van der Waals surface area contributed by atoms with Gasteiger partial charge in [-0.15, -0.1) is 11.3 Å². The molecule has 6 rings (SSSR count). The predicted octanol–water partition coefficient (Wildman–Crippen LogP) is 5.67. The minimum Gasteiger partial charge on any atom is -0.326 e. The van der Waals surface area contributed by atoms with E-state index in [1.165, 1.54) is 55.5 Å². The van der Waals surface area contributed by atoms with Crippen molar-refractivity contribution in [2.45, 2.75) is 43.8 Å². The minimum atomic E-state index is -4.09. The number of hydrogen-bond donors (Lipinski definition) is 1. The molecule has 4 heterocycles. The van der Waals surface area contributed by atoms with E-state index in [1.807, 2.05) is 0 Å².